The van der Waals surface area contributed by atoms with E-state index in [9.17, 15) is 4.79 Å². The van der Waals surface area contributed by atoms with Gasteiger partial charge in [-0.05, 0) is 65.3 Å². The molecule has 0 bridgehead atoms. The number of hydrogen-bond acceptors (Lipinski definition) is 3. The van der Waals surface area contributed by atoms with Crippen LogP contribution < -0.4 is 5.32 Å². The van der Waals surface area contributed by atoms with Crippen LogP contribution in [0.1, 0.15) is 53.4 Å². The smallest absolute Gasteiger partial charge is 0.407 e. The monoisotopic (exact) mass is 268 g/mol. The highest BCUT2D eigenvalue weighted by Crippen LogP contribution is 2.51. The van der Waals surface area contributed by atoms with Crippen LogP contribution in [-0.2, 0) is 4.74 Å². The minimum atomic E-state index is -0.424. The summed E-state index contributed by atoms with van der Waals surface area (Å²) in [5.41, 5.74) is 0.219. The Balaban J connectivity index is 1.71. The van der Waals surface area contributed by atoms with Crippen LogP contribution in [0.2, 0.25) is 0 Å². The van der Waals surface area contributed by atoms with E-state index in [0.717, 1.165) is 6.54 Å². The van der Waals surface area contributed by atoms with Gasteiger partial charge in [0.15, 0.2) is 0 Å². The summed E-state index contributed by atoms with van der Waals surface area (Å²) in [6.45, 7) is 11.0. The molecule has 2 rings (SSSR count). The van der Waals surface area contributed by atoms with Crippen LogP contribution in [0.3, 0.4) is 0 Å². The molecule has 0 aromatic carbocycles. The average Bonchev–Trinajstić information content (AvgIpc) is 2.93. The Labute approximate surface area is 116 Å². The van der Waals surface area contributed by atoms with Gasteiger partial charge in [0.2, 0.25) is 0 Å². The number of rotatable bonds is 3. The molecule has 2 fully saturated rings. The van der Waals surface area contributed by atoms with Gasteiger partial charge in [-0.25, -0.2) is 4.79 Å². The molecule has 1 amide bonds. The van der Waals surface area contributed by atoms with Crippen LogP contribution in [0.25, 0.3) is 0 Å². The second-order valence-corrected chi connectivity index (χ2v) is 7.39. The van der Waals surface area contributed by atoms with Gasteiger partial charge in [-0.1, -0.05) is 0 Å². The van der Waals surface area contributed by atoms with E-state index < -0.39 is 5.60 Å². The van der Waals surface area contributed by atoms with E-state index >= 15 is 0 Å². The molecule has 1 saturated carbocycles. The summed E-state index contributed by atoms with van der Waals surface area (Å²) in [4.78, 5) is 14.2. The molecule has 0 aromatic rings. The molecule has 1 spiro atoms. The van der Waals surface area contributed by atoms with Crippen molar-refractivity contribution in [2.75, 3.05) is 19.6 Å². The lowest BCUT2D eigenvalue weighted by Gasteiger charge is -2.34. The molecule has 2 aliphatic rings. The van der Waals surface area contributed by atoms with E-state index in [1.165, 1.54) is 38.8 Å². The Hall–Kier alpha value is -0.770. The van der Waals surface area contributed by atoms with Gasteiger partial charge in [0.1, 0.15) is 5.60 Å². The molecule has 1 aliphatic carbocycles. The average molecular weight is 268 g/mol. The first-order valence-corrected chi connectivity index (χ1v) is 7.50. The van der Waals surface area contributed by atoms with Gasteiger partial charge in [0.25, 0.3) is 0 Å². The van der Waals surface area contributed by atoms with Crippen molar-refractivity contribution in [3.8, 4) is 0 Å². The van der Waals surface area contributed by atoms with Gasteiger partial charge >= 0.3 is 6.09 Å². The van der Waals surface area contributed by atoms with Gasteiger partial charge in [0.05, 0.1) is 0 Å². The van der Waals surface area contributed by atoms with Crippen molar-refractivity contribution in [2.45, 2.75) is 65.0 Å². The Kier molecular flexibility index (Phi) is 4.09. The van der Waals surface area contributed by atoms with E-state index in [-0.39, 0.29) is 12.1 Å². The molecule has 1 atom stereocenters. The van der Waals surface area contributed by atoms with E-state index in [0.29, 0.717) is 5.41 Å². The summed E-state index contributed by atoms with van der Waals surface area (Å²) >= 11 is 0. The minimum Gasteiger partial charge on any atom is -0.444 e. The van der Waals surface area contributed by atoms with E-state index in [4.69, 9.17) is 4.74 Å². The fraction of sp³-hybridized carbons (Fsp3) is 0.933. The van der Waals surface area contributed by atoms with Crippen LogP contribution in [0, 0.1) is 5.41 Å². The summed E-state index contributed by atoms with van der Waals surface area (Å²) in [6, 6.07) is 0.142. The molecule has 1 saturated heterocycles. The van der Waals surface area contributed by atoms with Gasteiger partial charge in [-0.3, -0.25) is 0 Å². The molecule has 1 N–H and O–H groups in total. The first-order valence-electron chi connectivity index (χ1n) is 7.50. The summed E-state index contributed by atoms with van der Waals surface area (Å²) in [6.07, 6.45) is 5.20. The Bertz CT molecular complexity index is 332. The molecule has 0 radical (unpaired) electrons. The SMILES string of the molecule is C[C@H](CN1CCCC2(CC2)C1)NC(=O)OC(C)(C)C. The van der Waals surface area contributed by atoms with Crippen molar-refractivity contribution in [3.63, 3.8) is 0 Å². The number of piperidine rings is 1. The number of hydrogen-bond donors (Lipinski definition) is 1. The third-order valence-electron chi connectivity index (χ3n) is 3.99. The maximum absolute atomic E-state index is 11.7. The Morgan fingerprint density at radius 1 is 1.37 bits per heavy atom. The lowest BCUT2D eigenvalue weighted by atomic mass is 9.95. The zero-order valence-electron chi connectivity index (χ0n) is 12.8. The number of amides is 1. The predicted molar refractivity (Wildman–Crippen MR) is 76.2 cm³/mol. The largest absolute Gasteiger partial charge is 0.444 e. The quantitative estimate of drug-likeness (QED) is 0.855. The van der Waals surface area contributed by atoms with Gasteiger partial charge in [-0.2, -0.15) is 0 Å². The van der Waals surface area contributed by atoms with Crippen molar-refractivity contribution >= 4 is 6.09 Å². The minimum absolute atomic E-state index is 0.142. The molecule has 0 aromatic heterocycles. The van der Waals surface area contributed by atoms with Crippen molar-refractivity contribution in [3.05, 3.63) is 0 Å². The highest BCUT2D eigenvalue weighted by atomic mass is 16.6. The number of carbonyl (C=O) groups is 1. The highest BCUT2D eigenvalue weighted by Gasteiger charge is 2.45. The fourth-order valence-electron chi connectivity index (χ4n) is 2.99. The van der Waals surface area contributed by atoms with Crippen LogP contribution in [0.4, 0.5) is 4.79 Å². The summed E-state index contributed by atoms with van der Waals surface area (Å²) < 4.78 is 5.28. The van der Waals surface area contributed by atoms with Gasteiger partial charge < -0.3 is 15.0 Å². The molecular formula is C15H28N2O2. The molecule has 1 heterocycles. The van der Waals surface area contributed by atoms with E-state index in [2.05, 4.69) is 17.1 Å². The van der Waals surface area contributed by atoms with E-state index in [1.807, 2.05) is 20.8 Å². The van der Waals surface area contributed by atoms with Crippen LogP contribution in [0.15, 0.2) is 0 Å². The zero-order valence-corrected chi connectivity index (χ0v) is 12.8. The zero-order chi connectivity index (χ0) is 14.1. The number of nitrogens with one attached hydrogen (secondary N) is 1. The van der Waals surface area contributed by atoms with Crippen LogP contribution in [-0.4, -0.2) is 42.3 Å². The third kappa shape index (κ3) is 4.68. The molecule has 1 aliphatic heterocycles. The standard InChI is InChI=1S/C15H28N2O2/c1-12(16-13(18)19-14(2,3)4)10-17-9-5-6-15(11-17)7-8-15/h12H,5-11H2,1-4H3,(H,16,18)/t12-/m1/s1. The van der Waals surface area contributed by atoms with Crippen molar-refractivity contribution in [1.82, 2.24) is 10.2 Å². The molecule has 0 unspecified atom stereocenters. The maximum atomic E-state index is 11.7. The number of alkyl carbamates (subject to hydrolysis) is 1. The summed E-state index contributed by atoms with van der Waals surface area (Å²) in [5, 5.41) is 2.93. The maximum Gasteiger partial charge on any atom is 0.407 e. The number of likely N-dealkylation sites (tertiary alicyclic amines) is 1. The van der Waals surface area contributed by atoms with Gasteiger partial charge in [-0.15, -0.1) is 0 Å². The first-order chi connectivity index (χ1) is 8.78. The van der Waals surface area contributed by atoms with E-state index in [1.54, 1.807) is 0 Å². The Morgan fingerprint density at radius 3 is 2.63 bits per heavy atom. The Morgan fingerprint density at radius 2 is 2.05 bits per heavy atom. The topological polar surface area (TPSA) is 41.6 Å². The number of ether oxygens (including phenoxy) is 1. The predicted octanol–water partition coefficient (Wildman–Crippen LogP) is 2.78. The third-order valence-corrected chi connectivity index (χ3v) is 3.99. The van der Waals surface area contributed by atoms with Crippen molar-refractivity contribution in [1.29, 1.82) is 0 Å². The number of nitrogens with zero attached hydrogens (tertiary/aromatic N) is 1. The molecule has 110 valence electrons. The molecule has 4 heteroatoms. The highest BCUT2D eigenvalue weighted by molar-refractivity contribution is 5.68. The molecular weight excluding hydrogens is 240 g/mol. The second kappa shape index (κ2) is 5.31. The molecule has 19 heavy (non-hydrogen) atoms. The number of carbonyl (C=O) groups excluding carboxylic acids is 1. The first kappa shape index (κ1) is 14.6. The van der Waals surface area contributed by atoms with Crippen LogP contribution in [0.5, 0.6) is 0 Å². The normalized spacial score (nSPS) is 24.0. The summed E-state index contributed by atoms with van der Waals surface area (Å²) in [5.74, 6) is 0. The van der Waals surface area contributed by atoms with Crippen LogP contribution >= 0.6 is 0 Å². The molecule has 4 nitrogen and oxygen atoms in total. The van der Waals surface area contributed by atoms with Gasteiger partial charge in [0, 0.05) is 19.1 Å². The van der Waals surface area contributed by atoms with Crippen molar-refractivity contribution < 1.29 is 9.53 Å². The lowest BCUT2D eigenvalue weighted by molar-refractivity contribution is 0.0488. The lowest BCUT2D eigenvalue weighted by Crippen LogP contribution is -2.47. The fourth-order valence-corrected chi connectivity index (χ4v) is 2.99. The second-order valence-electron chi connectivity index (χ2n) is 7.39. The summed E-state index contributed by atoms with van der Waals surface area (Å²) in [7, 11) is 0. The van der Waals surface area contributed by atoms with Crippen molar-refractivity contribution in [2.24, 2.45) is 5.41 Å².